The SMILES string of the molecule is CC(=O)c1cccc(NC(=O)/C(C#N)=C\c2ccc(C(C)C)cc2)c1. The third-order valence-electron chi connectivity index (χ3n) is 3.81. The van der Waals surface area contributed by atoms with E-state index in [4.69, 9.17) is 0 Å². The minimum atomic E-state index is -0.504. The molecule has 0 saturated carbocycles. The average molecular weight is 332 g/mol. The molecule has 0 unspecified atom stereocenters. The maximum Gasteiger partial charge on any atom is 0.266 e. The number of rotatable bonds is 5. The van der Waals surface area contributed by atoms with Crippen LogP contribution in [0.4, 0.5) is 5.69 Å². The zero-order valence-electron chi connectivity index (χ0n) is 14.5. The summed E-state index contributed by atoms with van der Waals surface area (Å²) >= 11 is 0. The summed E-state index contributed by atoms with van der Waals surface area (Å²) in [7, 11) is 0. The van der Waals surface area contributed by atoms with Gasteiger partial charge in [0, 0.05) is 11.3 Å². The van der Waals surface area contributed by atoms with Gasteiger partial charge in [-0.2, -0.15) is 5.26 Å². The number of benzene rings is 2. The van der Waals surface area contributed by atoms with Gasteiger partial charge in [-0.3, -0.25) is 9.59 Å². The maximum absolute atomic E-state index is 12.3. The molecule has 2 aromatic carbocycles. The molecule has 0 aromatic heterocycles. The first-order chi connectivity index (χ1) is 11.9. The quantitative estimate of drug-likeness (QED) is 0.496. The number of anilines is 1. The Balaban J connectivity index is 2.19. The molecule has 0 aliphatic rings. The third-order valence-corrected chi connectivity index (χ3v) is 3.81. The van der Waals surface area contributed by atoms with E-state index in [0.29, 0.717) is 17.2 Å². The van der Waals surface area contributed by atoms with Gasteiger partial charge in [0.15, 0.2) is 5.78 Å². The average Bonchev–Trinajstić information content (AvgIpc) is 2.60. The normalized spacial score (nSPS) is 11.1. The van der Waals surface area contributed by atoms with Gasteiger partial charge in [0.25, 0.3) is 5.91 Å². The molecule has 4 heteroatoms. The van der Waals surface area contributed by atoms with Crippen LogP contribution in [0.3, 0.4) is 0 Å². The number of hydrogen-bond donors (Lipinski definition) is 1. The smallest absolute Gasteiger partial charge is 0.266 e. The van der Waals surface area contributed by atoms with E-state index in [9.17, 15) is 14.9 Å². The summed E-state index contributed by atoms with van der Waals surface area (Å²) in [5.74, 6) is -0.168. The molecule has 0 heterocycles. The van der Waals surface area contributed by atoms with Crippen LogP contribution in [-0.4, -0.2) is 11.7 Å². The maximum atomic E-state index is 12.3. The van der Waals surface area contributed by atoms with Crippen molar-refractivity contribution in [3.63, 3.8) is 0 Å². The number of amides is 1. The van der Waals surface area contributed by atoms with Crippen LogP contribution in [-0.2, 0) is 4.79 Å². The van der Waals surface area contributed by atoms with Gasteiger partial charge >= 0.3 is 0 Å². The fourth-order valence-electron chi connectivity index (χ4n) is 2.31. The van der Waals surface area contributed by atoms with Crippen LogP contribution in [0, 0.1) is 11.3 Å². The van der Waals surface area contributed by atoms with Crippen molar-refractivity contribution in [2.75, 3.05) is 5.32 Å². The lowest BCUT2D eigenvalue weighted by atomic mass is 10.0. The summed E-state index contributed by atoms with van der Waals surface area (Å²) in [6.45, 7) is 5.67. The highest BCUT2D eigenvalue weighted by Gasteiger charge is 2.10. The van der Waals surface area contributed by atoms with Crippen LogP contribution < -0.4 is 5.32 Å². The molecule has 0 radical (unpaired) electrons. The van der Waals surface area contributed by atoms with Gasteiger partial charge in [0.1, 0.15) is 11.6 Å². The van der Waals surface area contributed by atoms with Crippen molar-refractivity contribution in [1.29, 1.82) is 5.26 Å². The van der Waals surface area contributed by atoms with Gasteiger partial charge in [0.2, 0.25) is 0 Å². The third kappa shape index (κ3) is 4.89. The number of nitrogens with zero attached hydrogens (tertiary/aromatic N) is 1. The molecule has 0 bridgehead atoms. The Labute approximate surface area is 147 Å². The van der Waals surface area contributed by atoms with E-state index in [1.165, 1.54) is 12.5 Å². The molecule has 0 aliphatic carbocycles. The molecule has 4 nitrogen and oxygen atoms in total. The van der Waals surface area contributed by atoms with Crippen molar-refractivity contribution in [1.82, 2.24) is 0 Å². The van der Waals surface area contributed by atoms with E-state index in [1.807, 2.05) is 30.3 Å². The first-order valence-electron chi connectivity index (χ1n) is 8.05. The van der Waals surface area contributed by atoms with Gasteiger partial charge < -0.3 is 5.32 Å². The Hall–Kier alpha value is -3.19. The van der Waals surface area contributed by atoms with Crippen LogP contribution in [0.1, 0.15) is 48.2 Å². The Morgan fingerprint density at radius 3 is 2.36 bits per heavy atom. The molecule has 2 rings (SSSR count). The molecular weight excluding hydrogens is 312 g/mol. The Bertz CT molecular complexity index is 856. The topological polar surface area (TPSA) is 70.0 Å². The van der Waals surface area contributed by atoms with Crippen LogP contribution in [0.5, 0.6) is 0 Å². The second kappa shape index (κ2) is 8.07. The van der Waals surface area contributed by atoms with Crippen LogP contribution in [0.2, 0.25) is 0 Å². The van der Waals surface area contributed by atoms with Crippen molar-refractivity contribution in [3.05, 3.63) is 70.8 Å². The first-order valence-corrected chi connectivity index (χ1v) is 8.05. The second-order valence-corrected chi connectivity index (χ2v) is 6.08. The minimum Gasteiger partial charge on any atom is -0.321 e. The summed E-state index contributed by atoms with van der Waals surface area (Å²) in [6.07, 6.45) is 1.55. The lowest BCUT2D eigenvalue weighted by Crippen LogP contribution is -2.13. The van der Waals surface area contributed by atoms with E-state index >= 15 is 0 Å². The number of ketones is 1. The fraction of sp³-hybridized carbons (Fsp3) is 0.190. The lowest BCUT2D eigenvalue weighted by molar-refractivity contribution is -0.112. The largest absolute Gasteiger partial charge is 0.321 e. The molecule has 2 aromatic rings. The molecule has 0 spiro atoms. The van der Waals surface area contributed by atoms with Crippen molar-refractivity contribution >= 4 is 23.5 Å². The molecule has 25 heavy (non-hydrogen) atoms. The predicted molar refractivity (Wildman–Crippen MR) is 99.2 cm³/mol. The van der Waals surface area contributed by atoms with Gasteiger partial charge in [-0.15, -0.1) is 0 Å². The lowest BCUT2D eigenvalue weighted by Gasteiger charge is -2.07. The van der Waals surface area contributed by atoms with Crippen molar-refractivity contribution in [2.24, 2.45) is 0 Å². The number of nitriles is 1. The standard InChI is InChI=1S/C21H20N2O2/c1-14(2)17-9-7-16(8-10-17)11-19(13-22)21(25)23-20-6-4-5-18(12-20)15(3)24/h4-12,14H,1-3H3,(H,23,25)/b19-11-. The molecule has 0 saturated heterocycles. The van der Waals surface area contributed by atoms with E-state index in [0.717, 1.165) is 5.56 Å². The van der Waals surface area contributed by atoms with Crippen molar-refractivity contribution in [2.45, 2.75) is 26.7 Å². The monoisotopic (exact) mass is 332 g/mol. The number of hydrogen-bond acceptors (Lipinski definition) is 3. The molecule has 126 valence electrons. The summed E-state index contributed by atoms with van der Waals surface area (Å²) in [4.78, 5) is 23.7. The number of carbonyl (C=O) groups excluding carboxylic acids is 2. The molecule has 0 fully saturated rings. The highest BCUT2D eigenvalue weighted by atomic mass is 16.1. The van der Waals surface area contributed by atoms with E-state index in [1.54, 1.807) is 30.3 Å². The fourth-order valence-corrected chi connectivity index (χ4v) is 2.31. The van der Waals surface area contributed by atoms with Gasteiger partial charge in [-0.05, 0) is 42.2 Å². The van der Waals surface area contributed by atoms with E-state index in [2.05, 4.69) is 19.2 Å². The van der Waals surface area contributed by atoms with Gasteiger partial charge in [-0.25, -0.2) is 0 Å². The van der Waals surface area contributed by atoms with Crippen molar-refractivity contribution in [3.8, 4) is 6.07 Å². The summed E-state index contributed by atoms with van der Waals surface area (Å²) in [6, 6.07) is 16.3. The van der Waals surface area contributed by atoms with Crippen LogP contribution in [0.25, 0.3) is 6.08 Å². The Morgan fingerprint density at radius 1 is 1.12 bits per heavy atom. The minimum absolute atomic E-state index is 0.00512. The molecule has 0 aliphatic heterocycles. The van der Waals surface area contributed by atoms with E-state index in [-0.39, 0.29) is 11.4 Å². The molecule has 1 amide bonds. The zero-order valence-corrected chi connectivity index (χ0v) is 14.5. The van der Waals surface area contributed by atoms with Crippen LogP contribution >= 0.6 is 0 Å². The first kappa shape index (κ1) is 18.2. The molecule has 1 N–H and O–H groups in total. The zero-order chi connectivity index (χ0) is 18.4. The summed E-state index contributed by atoms with van der Waals surface area (Å²) in [5, 5.41) is 11.9. The van der Waals surface area contributed by atoms with E-state index < -0.39 is 5.91 Å². The summed E-state index contributed by atoms with van der Waals surface area (Å²) < 4.78 is 0. The second-order valence-electron chi connectivity index (χ2n) is 6.08. The van der Waals surface area contributed by atoms with Crippen LogP contribution in [0.15, 0.2) is 54.1 Å². The molecule has 0 atom stereocenters. The number of carbonyl (C=O) groups is 2. The number of nitrogens with one attached hydrogen (secondary N) is 1. The Morgan fingerprint density at radius 2 is 1.80 bits per heavy atom. The Kier molecular flexibility index (Phi) is 5.86. The predicted octanol–water partition coefficient (Wildman–Crippen LogP) is 4.56. The molecular formula is C21H20N2O2. The van der Waals surface area contributed by atoms with Gasteiger partial charge in [-0.1, -0.05) is 50.2 Å². The highest BCUT2D eigenvalue weighted by molar-refractivity contribution is 6.10. The highest BCUT2D eigenvalue weighted by Crippen LogP contribution is 2.17. The van der Waals surface area contributed by atoms with Crippen molar-refractivity contribution < 1.29 is 9.59 Å². The number of Topliss-reactive ketones (excluding diaryl/α,β-unsaturated/α-hetero) is 1. The summed E-state index contributed by atoms with van der Waals surface area (Å²) in [5.41, 5.74) is 2.97. The van der Waals surface area contributed by atoms with Gasteiger partial charge in [0.05, 0.1) is 0 Å².